The number of hydrogen-bond donors (Lipinski definition) is 1. The lowest BCUT2D eigenvalue weighted by atomic mass is 9.81. The summed E-state index contributed by atoms with van der Waals surface area (Å²) in [6, 6.07) is 0. The van der Waals surface area contributed by atoms with E-state index in [9.17, 15) is 5.11 Å². The summed E-state index contributed by atoms with van der Waals surface area (Å²) in [4.78, 5) is 2.57. The largest absolute Gasteiger partial charge is 0.396 e. The van der Waals surface area contributed by atoms with E-state index >= 15 is 0 Å². The molecule has 0 saturated carbocycles. The molecule has 1 rings (SSSR count). The third-order valence-corrected chi connectivity index (χ3v) is 4.97. The number of hydrogen-bond acceptors (Lipinski definition) is 2. The number of nitrogens with zero attached hydrogens (tertiary/aromatic N) is 1. The van der Waals surface area contributed by atoms with Gasteiger partial charge in [-0.15, -0.1) is 0 Å². The molecule has 1 N–H and O–H groups in total. The number of rotatable bonds is 6. The highest BCUT2D eigenvalue weighted by Crippen LogP contribution is 2.30. The van der Waals surface area contributed by atoms with Crippen molar-refractivity contribution < 1.29 is 5.11 Å². The topological polar surface area (TPSA) is 23.5 Å². The molecule has 0 aromatic heterocycles. The van der Waals surface area contributed by atoms with Gasteiger partial charge in [0.2, 0.25) is 0 Å². The smallest absolute Gasteiger partial charge is 0.0499 e. The first kappa shape index (κ1) is 15.0. The average Bonchev–Trinajstić information content (AvgIpc) is 2.37. The second-order valence-electron chi connectivity index (χ2n) is 6.22. The molecule has 2 heteroatoms. The van der Waals surface area contributed by atoms with Crippen LogP contribution in [-0.4, -0.2) is 36.2 Å². The highest BCUT2D eigenvalue weighted by atomic mass is 16.3. The maximum Gasteiger partial charge on any atom is 0.0499 e. The lowest BCUT2D eigenvalue weighted by Gasteiger charge is -2.40. The summed E-state index contributed by atoms with van der Waals surface area (Å²) >= 11 is 0. The number of piperidine rings is 1. The molecule has 0 amide bonds. The van der Waals surface area contributed by atoms with Crippen molar-refractivity contribution in [1.82, 2.24) is 4.90 Å². The van der Waals surface area contributed by atoms with Crippen molar-refractivity contribution in [3.63, 3.8) is 0 Å². The van der Waals surface area contributed by atoms with Crippen molar-refractivity contribution in [2.45, 2.75) is 53.4 Å². The van der Waals surface area contributed by atoms with Crippen molar-refractivity contribution in [2.24, 2.45) is 17.3 Å². The molecule has 0 aromatic carbocycles. The Kier molecular flexibility index (Phi) is 5.94. The molecule has 0 spiro atoms. The molecule has 0 unspecified atom stereocenters. The van der Waals surface area contributed by atoms with E-state index in [4.69, 9.17) is 0 Å². The van der Waals surface area contributed by atoms with Gasteiger partial charge in [0.15, 0.2) is 0 Å². The van der Waals surface area contributed by atoms with Crippen LogP contribution < -0.4 is 0 Å². The molecule has 1 aliphatic heterocycles. The Morgan fingerprint density at radius 3 is 2.06 bits per heavy atom. The van der Waals surface area contributed by atoms with Crippen LogP contribution in [0.5, 0.6) is 0 Å². The summed E-state index contributed by atoms with van der Waals surface area (Å²) in [5, 5.41) is 9.62. The normalized spacial score (nSPS) is 20.1. The van der Waals surface area contributed by atoms with Crippen molar-refractivity contribution in [3.05, 3.63) is 0 Å². The van der Waals surface area contributed by atoms with Gasteiger partial charge in [-0.05, 0) is 50.6 Å². The van der Waals surface area contributed by atoms with E-state index in [-0.39, 0.29) is 5.41 Å². The van der Waals surface area contributed by atoms with Crippen molar-refractivity contribution in [1.29, 1.82) is 0 Å². The van der Waals surface area contributed by atoms with Crippen LogP contribution in [0.4, 0.5) is 0 Å². The SMILES string of the molecule is CCC(CC)(CO)CN1CCC(C(C)C)CC1. The first-order valence-corrected chi connectivity index (χ1v) is 7.40. The Balaban J connectivity index is 2.44. The van der Waals surface area contributed by atoms with Gasteiger partial charge in [-0.3, -0.25) is 0 Å². The van der Waals surface area contributed by atoms with Crippen molar-refractivity contribution in [2.75, 3.05) is 26.2 Å². The summed E-state index contributed by atoms with van der Waals surface area (Å²) in [5.74, 6) is 1.75. The minimum absolute atomic E-state index is 0.144. The van der Waals surface area contributed by atoms with Gasteiger partial charge in [0, 0.05) is 18.6 Å². The third kappa shape index (κ3) is 3.96. The van der Waals surface area contributed by atoms with Gasteiger partial charge >= 0.3 is 0 Å². The monoisotopic (exact) mass is 241 g/mol. The highest BCUT2D eigenvalue weighted by Gasteiger charge is 2.30. The molecule has 102 valence electrons. The molecule has 1 aliphatic rings. The van der Waals surface area contributed by atoms with Crippen LogP contribution in [0, 0.1) is 17.3 Å². The second-order valence-corrected chi connectivity index (χ2v) is 6.22. The summed E-state index contributed by atoms with van der Waals surface area (Å²) in [5.41, 5.74) is 0.144. The number of likely N-dealkylation sites (tertiary alicyclic amines) is 1. The Labute approximate surface area is 107 Å². The van der Waals surface area contributed by atoms with E-state index < -0.39 is 0 Å². The van der Waals surface area contributed by atoms with E-state index in [1.807, 2.05) is 0 Å². The quantitative estimate of drug-likeness (QED) is 0.772. The zero-order chi connectivity index (χ0) is 12.9. The van der Waals surface area contributed by atoms with Crippen LogP contribution in [0.3, 0.4) is 0 Å². The number of aliphatic hydroxyl groups is 1. The van der Waals surface area contributed by atoms with Gasteiger partial charge < -0.3 is 10.0 Å². The number of aliphatic hydroxyl groups excluding tert-OH is 1. The van der Waals surface area contributed by atoms with Crippen LogP contribution in [0.2, 0.25) is 0 Å². The molecule has 1 fully saturated rings. The second kappa shape index (κ2) is 6.75. The standard InChI is InChI=1S/C15H31NO/c1-5-15(6-2,12-17)11-16-9-7-14(8-10-16)13(3)4/h13-14,17H,5-12H2,1-4H3. The first-order valence-electron chi connectivity index (χ1n) is 7.40. The Morgan fingerprint density at radius 1 is 1.18 bits per heavy atom. The zero-order valence-electron chi connectivity index (χ0n) is 12.2. The predicted molar refractivity (Wildman–Crippen MR) is 74.1 cm³/mol. The molecule has 2 nitrogen and oxygen atoms in total. The molecule has 1 heterocycles. The van der Waals surface area contributed by atoms with E-state index in [2.05, 4.69) is 32.6 Å². The van der Waals surface area contributed by atoms with Gasteiger partial charge in [-0.1, -0.05) is 27.7 Å². The molecule has 0 bridgehead atoms. The zero-order valence-corrected chi connectivity index (χ0v) is 12.2. The Morgan fingerprint density at radius 2 is 1.71 bits per heavy atom. The summed E-state index contributed by atoms with van der Waals surface area (Å²) in [7, 11) is 0. The maximum atomic E-state index is 9.62. The third-order valence-electron chi connectivity index (χ3n) is 4.97. The van der Waals surface area contributed by atoms with Gasteiger partial charge in [0.05, 0.1) is 0 Å². The van der Waals surface area contributed by atoms with E-state index in [0.29, 0.717) is 6.61 Å². The van der Waals surface area contributed by atoms with Crippen molar-refractivity contribution >= 4 is 0 Å². The van der Waals surface area contributed by atoms with Gasteiger partial charge in [0.1, 0.15) is 0 Å². The predicted octanol–water partition coefficient (Wildman–Crippen LogP) is 3.15. The molecular formula is C15H31NO. The van der Waals surface area contributed by atoms with Gasteiger partial charge in [-0.25, -0.2) is 0 Å². The fourth-order valence-electron chi connectivity index (χ4n) is 3.00. The van der Waals surface area contributed by atoms with E-state index in [1.54, 1.807) is 0 Å². The van der Waals surface area contributed by atoms with E-state index in [0.717, 1.165) is 31.2 Å². The molecule has 0 atom stereocenters. The minimum Gasteiger partial charge on any atom is -0.396 e. The molecule has 0 aromatic rings. The fourth-order valence-corrected chi connectivity index (χ4v) is 3.00. The van der Waals surface area contributed by atoms with Crippen LogP contribution in [-0.2, 0) is 0 Å². The van der Waals surface area contributed by atoms with Crippen LogP contribution in [0.15, 0.2) is 0 Å². The molecular weight excluding hydrogens is 210 g/mol. The maximum absolute atomic E-state index is 9.62. The Bertz CT molecular complexity index is 195. The van der Waals surface area contributed by atoms with Crippen molar-refractivity contribution in [3.8, 4) is 0 Å². The lowest BCUT2D eigenvalue weighted by Crippen LogP contribution is -2.44. The van der Waals surface area contributed by atoms with Crippen LogP contribution in [0.1, 0.15) is 53.4 Å². The minimum atomic E-state index is 0.144. The highest BCUT2D eigenvalue weighted by molar-refractivity contribution is 4.83. The Hall–Kier alpha value is -0.0800. The van der Waals surface area contributed by atoms with Gasteiger partial charge in [-0.2, -0.15) is 0 Å². The fraction of sp³-hybridized carbons (Fsp3) is 1.00. The molecule has 1 saturated heterocycles. The summed E-state index contributed by atoms with van der Waals surface area (Å²) in [6.45, 7) is 13.0. The molecule has 0 radical (unpaired) electrons. The van der Waals surface area contributed by atoms with E-state index in [1.165, 1.54) is 25.9 Å². The lowest BCUT2D eigenvalue weighted by molar-refractivity contribution is 0.0460. The summed E-state index contributed by atoms with van der Waals surface area (Å²) < 4.78 is 0. The summed E-state index contributed by atoms with van der Waals surface area (Å²) in [6.07, 6.45) is 4.85. The van der Waals surface area contributed by atoms with Gasteiger partial charge in [0.25, 0.3) is 0 Å². The average molecular weight is 241 g/mol. The van der Waals surface area contributed by atoms with Crippen LogP contribution in [0.25, 0.3) is 0 Å². The molecule has 0 aliphatic carbocycles. The van der Waals surface area contributed by atoms with Crippen LogP contribution >= 0.6 is 0 Å². The first-order chi connectivity index (χ1) is 8.06. The molecule has 17 heavy (non-hydrogen) atoms.